The van der Waals surface area contributed by atoms with Gasteiger partial charge in [0.05, 0.1) is 6.42 Å². The van der Waals surface area contributed by atoms with Crippen LogP contribution in [0.3, 0.4) is 0 Å². The van der Waals surface area contributed by atoms with Gasteiger partial charge in [-0.25, -0.2) is 4.79 Å². The van der Waals surface area contributed by atoms with Gasteiger partial charge in [0.25, 0.3) is 0 Å². The number of esters is 1. The summed E-state index contributed by atoms with van der Waals surface area (Å²) in [6.45, 7) is 5.22. The van der Waals surface area contributed by atoms with Gasteiger partial charge in [0.2, 0.25) is 0 Å². The number of hydrogen-bond donors (Lipinski definition) is 1. The van der Waals surface area contributed by atoms with Gasteiger partial charge < -0.3 is 9.84 Å². The minimum Gasteiger partial charge on any atom is -0.481 e. The molecule has 4 rings (SSSR count). The largest absolute Gasteiger partial charge is 0.481 e. The summed E-state index contributed by atoms with van der Waals surface area (Å²) >= 11 is 0. The van der Waals surface area contributed by atoms with Gasteiger partial charge in [-0.1, -0.05) is 6.58 Å². The fourth-order valence-corrected chi connectivity index (χ4v) is 4.82. The molecule has 19 heavy (non-hydrogen) atoms. The molecular formula is C15H20O4. The minimum atomic E-state index is -0.870. The lowest BCUT2D eigenvalue weighted by molar-refractivity contribution is -0.176. The summed E-state index contributed by atoms with van der Waals surface area (Å²) in [5, 5.41) is 9.23. The fourth-order valence-electron chi connectivity index (χ4n) is 4.82. The van der Waals surface area contributed by atoms with Crippen LogP contribution in [0.2, 0.25) is 0 Å². The minimum absolute atomic E-state index is 0.0510. The van der Waals surface area contributed by atoms with Gasteiger partial charge in [0.15, 0.2) is 0 Å². The molecule has 104 valence electrons. The lowest BCUT2D eigenvalue weighted by Crippen LogP contribution is -2.49. The fraction of sp³-hybridized carbons (Fsp3) is 0.733. The van der Waals surface area contributed by atoms with Crippen LogP contribution < -0.4 is 0 Å². The van der Waals surface area contributed by atoms with Crippen LogP contribution in [0.15, 0.2) is 12.2 Å². The van der Waals surface area contributed by atoms with E-state index in [1.807, 2.05) is 0 Å². The number of carboxylic acid groups (broad SMARTS) is 1. The second kappa shape index (κ2) is 4.09. The summed E-state index contributed by atoms with van der Waals surface area (Å²) in [4.78, 5) is 23.2. The maximum atomic E-state index is 11.9. The summed E-state index contributed by atoms with van der Waals surface area (Å²) in [5.74, 6) is 0.452. The number of carboxylic acids is 1. The summed E-state index contributed by atoms with van der Waals surface area (Å²) in [6.07, 6.45) is 4.21. The summed E-state index contributed by atoms with van der Waals surface area (Å²) < 4.78 is 5.72. The molecule has 0 aliphatic heterocycles. The van der Waals surface area contributed by atoms with E-state index in [0.717, 1.165) is 25.2 Å². The zero-order chi connectivity index (χ0) is 13.8. The third-order valence-electron chi connectivity index (χ3n) is 5.37. The summed E-state index contributed by atoms with van der Waals surface area (Å²) in [5.41, 5.74) is -0.415. The van der Waals surface area contributed by atoms with Crippen LogP contribution in [0.1, 0.15) is 39.0 Å². The zero-order valence-corrected chi connectivity index (χ0v) is 11.2. The molecule has 0 heterocycles. The third-order valence-corrected chi connectivity index (χ3v) is 5.37. The highest BCUT2D eigenvalue weighted by Crippen LogP contribution is 2.65. The smallest absolute Gasteiger partial charge is 0.333 e. The van der Waals surface area contributed by atoms with Gasteiger partial charge in [-0.15, -0.1) is 0 Å². The first kappa shape index (κ1) is 12.7. The van der Waals surface area contributed by atoms with E-state index in [1.165, 1.54) is 6.42 Å². The average Bonchev–Trinajstić information content (AvgIpc) is 2.70. The standard InChI is InChI=1S/C15H20O4/c1-8(2)14(18)19-15(7-13(16)17)11-4-9-3-10(6-11)12(15)5-9/h9-12H,1,3-7H2,2H3,(H,16,17). The first-order valence-electron chi connectivity index (χ1n) is 7.03. The molecular weight excluding hydrogens is 244 g/mol. The lowest BCUT2D eigenvalue weighted by atomic mass is 9.70. The Balaban J connectivity index is 1.92. The monoisotopic (exact) mass is 264 g/mol. The zero-order valence-electron chi connectivity index (χ0n) is 11.2. The number of carbonyl (C=O) groups excluding carboxylic acids is 1. The van der Waals surface area contributed by atoms with Crippen LogP contribution in [-0.2, 0) is 14.3 Å². The number of aliphatic carboxylic acids is 1. The molecule has 1 N–H and O–H groups in total. The Bertz CT molecular complexity index is 451. The molecule has 5 atom stereocenters. The second-order valence-corrected chi connectivity index (χ2v) is 6.57. The van der Waals surface area contributed by atoms with Crippen molar-refractivity contribution in [1.82, 2.24) is 0 Å². The SMILES string of the molecule is C=C(C)C(=O)OC1(CC(=O)O)C2CC3CC(C2)C1C3. The van der Waals surface area contributed by atoms with Gasteiger partial charge in [0.1, 0.15) is 5.60 Å². The quantitative estimate of drug-likeness (QED) is 0.625. The van der Waals surface area contributed by atoms with E-state index >= 15 is 0 Å². The Morgan fingerprint density at radius 3 is 2.63 bits per heavy atom. The van der Waals surface area contributed by atoms with E-state index in [1.54, 1.807) is 6.92 Å². The van der Waals surface area contributed by atoms with Crippen molar-refractivity contribution in [1.29, 1.82) is 0 Å². The highest BCUT2D eigenvalue weighted by Gasteiger charge is 2.65. The van der Waals surface area contributed by atoms with Crippen molar-refractivity contribution in [3.05, 3.63) is 12.2 Å². The van der Waals surface area contributed by atoms with Gasteiger partial charge in [-0.05, 0) is 44.4 Å². The predicted molar refractivity (Wildman–Crippen MR) is 68.3 cm³/mol. The van der Waals surface area contributed by atoms with Crippen molar-refractivity contribution in [3.63, 3.8) is 0 Å². The molecule has 5 unspecified atom stereocenters. The molecule has 0 aromatic carbocycles. The Morgan fingerprint density at radius 2 is 2.05 bits per heavy atom. The van der Waals surface area contributed by atoms with E-state index in [4.69, 9.17) is 4.74 Å². The Morgan fingerprint density at radius 1 is 1.32 bits per heavy atom. The number of rotatable bonds is 4. The molecule has 4 heteroatoms. The van der Waals surface area contributed by atoms with Crippen LogP contribution in [-0.4, -0.2) is 22.6 Å². The van der Waals surface area contributed by atoms with Crippen molar-refractivity contribution >= 4 is 11.9 Å². The first-order chi connectivity index (χ1) is 8.92. The number of ether oxygens (including phenoxy) is 1. The van der Waals surface area contributed by atoms with Crippen molar-refractivity contribution in [2.45, 2.75) is 44.6 Å². The van der Waals surface area contributed by atoms with Crippen LogP contribution in [0.4, 0.5) is 0 Å². The van der Waals surface area contributed by atoms with Gasteiger partial charge in [-0.3, -0.25) is 4.79 Å². The number of carbonyl (C=O) groups is 2. The van der Waals surface area contributed by atoms with E-state index in [0.29, 0.717) is 11.5 Å². The third kappa shape index (κ3) is 1.80. The predicted octanol–water partition coefficient (Wildman–Crippen LogP) is 2.39. The van der Waals surface area contributed by atoms with E-state index in [2.05, 4.69) is 6.58 Å². The molecule has 0 aromatic rings. The van der Waals surface area contributed by atoms with E-state index < -0.39 is 17.5 Å². The van der Waals surface area contributed by atoms with Gasteiger partial charge >= 0.3 is 11.9 Å². The molecule has 4 fully saturated rings. The molecule has 4 aliphatic rings. The summed E-state index contributed by atoms with van der Waals surface area (Å²) in [7, 11) is 0. The topological polar surface area (TPSA) is 63.6 Å². The van der Waals surface area contributed by atoms with Crippen molar-refractivity contribution in [2.24, 2.45) is 23.7 Å². The van der Waals surface area contributed by atoms with Crippen molar-refractivity contribution < 1.29 is 19.4 Å². The first-order valence-corrected chi connectivity index (χ1v) is 7.03. The number of hydrogen-bond acceptors (Lipinski definition) is 3. The maximum absolute atomic E-state index is 11.9. The molecule has 4 aliphatic carbocycles. The van der Waals surface area contributed by atoms with Crippen LogP contribution in [0.25, 0.3) is 0 Å². The molecule has 4 saturated carbocycles. The average molecular weight is 264 g/mol. The normalized spacial score (nSPS) is 42.4. The molecule has 0 aromatic heterocycles. The van der Waals surface area contributed by atoms with Crippen LogP contribution in [0.5, 0.6) is 0 Å². The molecule has 4 bridgehead atoms. The Kier molecular flexibility index (Phi) is 2.73. The van der Waals surface area contributed by atoms with Gasteiger partial charge in [-0.2, -0.15) is 0 Å². The van der Waals surface area contributed by atoms with Crippen molar-refractivity contribution in [2.75, 3.05) is 0 Å². The second-order valence-electron chi connectivity index (χ2n) is 6.57. The van der Waals surface area contributed by atoms with E-state index in [9.17, 15) is 14.7 Å². The van der Waals surface area contributed by atoms with Gasteiger partial charge in [0, 0.05) is 17.4 Å². The molecule has 0 amide bonds. The van der Waals surface area contributed by atoms with Crippen LogP contribution in [0, 0.1) is 23.7 Å². The molecule has 4 nitrogen and oxygen atoms in total. The molecule has 0 saturated heterocycles. The molecule has 0 radical (unpaired) electrons. The Hall–Kier alpha value is -1.32. The highest BCUT2D eigenvalue weighted by atomic mass is 16.6. The summed E-state index contributed by atoms with van der Waals surface area (Å²) in [6, 6.07) is 0. The molecule has 0 spiro atoms. The maximum Gasteiger partial charge on any atom is 0.333 e. The van der Waals surface area contributed by atoms with Crippen molar-refractivity contribution in [3.8, 4) is 0 Å². The van der Waals surface area contributed by atoms with E-state index in [-0.39, 0.29) is 18.3 Å². The highest BCUT2D eigenvalue weighted by molar-refractivity contribution is 5.87. The van der Waals surface area contributed by atoms with Crippen LogP contribution >= 0.6 is 0 Å². The Labute approximate surface area is 112 Å². The lowest BCUT2D eigenvalue weighted by Gasteiger charge is -2.42.